The van der Waals surface area contributed by atoms with Crippen molar-refractivity contribution in [3.05, 3.63) is 77.9 Å². The Morgan fingerprint density at radius 2 is 1.69 bits per heavy atom. The third-order valence-corrected chi connectivity index (χ3v) is 7.25. The number of fused-ring (bicyclic) bond motifs is 1. The van der Waals surface area contributed by atoms with E-state index < -0.39 is 6.09 Å². The lowest BCUT2D eigenvalue weighted by Crippen LogP contribution is -2.38. The van der Waals surface area contributed by atoms with Crippen LogP contribution in [0.4, 0.5) is 4.79 Å². The Morgan fingerprint density at radius 1 is 1.02 bits per heavy atom. The molecule has 4 heterocycles. The van der Waals surface area contributed by atoms with E-state index >= 15 is 0 Å². The SMILES string of the molecule is CCC.CN1C=C(c2ccc(-c3cn4c(-c5ccccc5)csc4n3)cc2)NO1.COC(=O)NCC(=O)N1CCCC1. The zero-order valence-electron chi connectivity index (χ0n) is 24.5. The van der Waals surface area contributed by atoms with Gasteiger partial charge in [-0.3, -0.25) is 9.20 Å². The number of hydroxylamine groups is 3. The highest BCUT2D eigenvalue weighted by atomic mass is 32.1. The van der Waals surface area contributed by atoms with Crippen molar-refractivity contribution in [2.45, 2.75) is 33.1 Å². The van der Waals surface area contributed by atoms with Crippen molar-refractivity contribution in [1.82, 2.24) is 30.1 Å². The molecule has 2 aromatic carbocycles. The Balaban J connectivity index is 0.000000214. The van der Waals surface area contributed by atoms with Gasteiger partial charge in [0.15, 0.2) is 4.96 Å². The van der Waals surface area contributed by atoms with E-state index in [1.807, 2.05) is 19.3 Å². The summed E-state index contributed by atoms with van der Waals surface area (Å²) in [5.74, 6) is -0.0390. The highest BCUT2D eigenvalue weighted by Gasteiger charge is 2.18. The summed E-state index contributed by atoms with van der Waals surface area (Å²) in [6, 6.07) is 18.7. The summed E-state index contributed by atoms with van der Waals surface area (Å²) in [6.45, 7) is 5.90. The van der Waals surface area contributed by atoms with Crippen LogP contribution in [0.15, 0.2) is 72.4 Å². The normalized spacial score (nSPS) is 13.9. The zero-order valence-corrected chi connectivity index (χ0v) is 25.3. The Kier molecular flexibility index (Phi) is 11.0. The van der Waals surface area contributed by atoms with Crippen molar-refractivity contribution in [2.24, 2.45) is 0 Å². The first-order valence-electron chi connectivity index (χ1n) is 14.0. The van der Waals surface area contributed by atoms with Gasteiger partial charge in [-0.2, -0.15) is 4.94 Å². The van der Waals surface area contributed by atoms with E-state index in [-0.39, 0.29) is 12.5 Å². The number of aromatic nitrogens is 2. The van der Waals surface area contributed by atoms with E-state index in [9.17, 15) is 9.59 Å². The predicted octanol–water partition coefficient (Wildman–Crippen LogP) is 5.79. The smallest absolute Gasteiger partial charge is 0.407 e. The Bertz CT molecular complexity index is 1480. The number of imidazole rings is 1. The highest BCUT2D eigenvalue weighted by Crippen LogP contribution is 2.30. The second-order valence-electron chi connectivity index (χ2n) is 9.77. The van der Waals surface area contributed by atoms with Gasteiger partial charge < -0.3 is 15.0 Å². The van der Waals surface area contributed by atoms with Gasteiger partial charge in [0.05, 0.1) is 30.4 Å². The van der Waals surface area contributed by atoms with Gasteiger partial charge in [-0.15, -0.1) is 11.3 Å². The molecule has 2 N–H and O–H groups in total. The number of nitrogens with one attached hydrogen (secondary N) is 2. The molecule has 0 spiro atoms. The van der Waals surface area contributed by atoms with Crippen LogP contribution < -0.4 is 10.8 Å². The molecule has 10 nitrogen and oxygen atoms in total. The second-order valence-corrected chi connectivity index (χ2v) is 10.6. The molecule has 0 bridgehead atoms. The maximum atomic E-state index is 11.3. The van der Waals surface area contributed by atoms with Crippen LogP contribution in [0.5, 0.6) is 0 Å². The molecule has 0 radical (unpaired) electrons. The fourth-order valence-corrected chi connectivity index (χ4v) is 5.23. The molecule has 2 aliphatic rings. The quantitative estimate of drug-likeness (QED) is 0.303. The van der Waals surface area contributed by atoms with Crippen LogP contribution in [-0.2, 0) is 14.5 Å². The molecule has 11 heteroatoms. The predicted molar refractivity (Wildman–Crippen MR) is 166 cm³/mol. The van der Waals surface area contributed by atoms with Gasteiger partial charge in [0.2, 0.25) is 5.91 Å². The minimum atomic E-state index is -0.562. The van der Waals surface area contributed by atoms with E-state index in [4.69, 9.17) is 9.92 Å². The van der Waals surface area contributed by atoms with Crippen LogP contribution in [0.1, 0.15) is 38.7 Å². The molecule has 6 rings (SSSR count). The van der Waals surface area contributed by atoms with Crippen molar-refractivity contribution in [3.63, 3.8) is 0 Å². The number of carbonyl (C=O) groups excluding carboxylic acids is 2. The van der Waals surface area contributed by atoms with Crippen LogP contribution in [0.25, 0.3) is 33.2 Å². The fourth-order valence-electron chi connectivity index (χ4n) is 4.35. The first-order chi connectivity index (χ1) is 20.4. The number of nitrogens with zero attached hydrogens (tertiary/aromatic N) is 4. The number of carbonyl (C=O) groups is 2. The van der Waals surface area contributed by atoms with Crippen LogP contribution >= 0.6 is 11.3 Å². The summed E-state index contributed by atoms with van der Waals surface area (Å²) in [4.78, 5) is 34.7. The molecule has 2 amide bonds. The monoisotopic (exact) mass is 590 g/mol. The van der Waals surface area contributed by atoms with E-state index in [0.29, 0.717) is 0 Å². The number of alkyl carbamates (subject to hydrolysis) is 1. The number of ether oxygens (including phenoxy) is 1. The summed E-state index contributed by atoms with van der Waals surface area (Å²) in [6.07, 6.45) is 6.82. The van der Waals surface area contributed by atoms with E-state index in [1.54, 1.807) is 21.3 Å². The maximum Gasteiger partial charge on any atom is 0.407 e. The fraction of sp³-hybridized carbons (Fsp3) is 0.323. The molecular formula is C31H38N6O4S. The van der Waals surface area contributed by atoms with Gasteiger partial charge in [-0.25, -0.2) is 20.3 Å². The van der Waals surface area contributed by atoms with Gasteiger partial charge >= 0.3 is 6.09 Å². The summed E-state index contributed by atoms with van der Waals surface area (Å²) < 4.78 is 6.50. The van der Waals surface area contributed by atoms with Crippen LogP contribution in [0.2, 0.25) is 0 Å². The summed E-state index contributed by atoms with van der Waals surface area (Å²) in [5, 5.41) is 6.15. The molecule has 0 aliphatic carbocycles. The Hall–Kier alpha value is -4.35. The van der Waals surface area contributed by atoms with Gasteiger partial charge in [0, 0.05) is 42.8 Å². The lowest BCUT2D eigenvalue weighted by molar-refractivity contribution is -0.129. The number of hydrogen-bond acceptors (Lipinski definition) is 8. The lowest BCUT2D eigenvalue weighted by atomic mass is 10.1. The van der Waals surface area contributed by atoms with Gasteiger partial charge in [-0.05, 0) is 18.4 Å². The van der Waals surface area contributed by atoms with Crippen LogP contribution in [0, 0.1) is 0 Å². The number of methoxy groups -OCH3 is 1. The molecule has 2 aliphatic heterocycles. The minimum Gasteiger partial charge on any atom is -0.453 e. The number of hydrogen-bond donors (Lipinski definition) is 2. The molecule has 4 aromatic rings. The standard InChI is InChI=1S/C20H16N4OS.C8H14N2O3.C3H8/c1-23-11-18(22-25-23)15-9-7-14(8-10-15)17-12-24-19(13-26-20(24)21-17)16-5-3-2-4-6-16;1-13-8(12)9-6-7(11)10-4-2-3-5-10;1-3-2/h2-13,22H,1H3;2-6H2,1H3,(H,9,12);3H2,1-2H3. The number of benzene rings is 2. The zero-order chi connectivity index (χ0) is 29.9. The number of likely N-dealkylation sites (tertiary alicyclic amines) is 1. The van der Waals surface area contributed by atoms with Gasteiger partial charge in [0.1, 0.15) is 6.54 Å². The molecule has 2 aromatic heterocycles. The first-order valence-corrected chi connectivity index (χ1v) is 14.9. The van der Waals surface area contributed by atoms with Crippen molar-refractivity contribution >= 4 is 34.0 Å². The van der Waals surface area contributed by atoms with Crippen molar-refractivity contribution in [2.75, 3.05) is 33.8 Å². The molecule has 42 heavy (non-hydrogen) atoms. The van der Waals surface area contributed by atoms with E-state index in [2.05, 4.69) is 93.9 Å². The number of rotatable bonds is 5. The van der Waals surface area contributed by atoms with Gasteiger partial charge in [-0.1, -0.05) is 74.9 Å². The molecular weight excluding hydrogens is 552 g/mol. The summed E-state index contributed by atoms with van der Waals surface area (Å²) >= 11 is 1.66. The topological polar surface area (TPSA) is 100 Å². The lowest BCUT2D eigenvalue weighted by Gasteiger charge is -2.14. The number of amides is 2. The first kappa shape index (κ1) is 30.6. The third kappa shape index (κ3) is 7.89. The number of thiazole rings is 1. The van der Waals surface area contributed by atoms with E-state index in [1.165, 1.54) is 24.8 Å². The van der Waals surface area contributed by atoms with Crippen molar-refractivity contribution in [3.8, 4) is 22.5 Å². The minimum absolute atomic E-state index is 0.0344. The van der Waals surface area contributed by atoms with Crippen molar-refractivity contribution in [1.29, 1.82) is 0 Å². The average molecular weight is 591 g/mol. The van der Waals surface area contributed by atoms with Gasteiger partial charge in [0.25, 0.3) is 0 Å². The molecule has 1 saturated heterocycles. The molecule has 0 unspecified atom stereocenters. The third-order valence-electron chi connectivity index (χ3n) is 6.41. The van der Waals surface area contributed by atoms with Crippen LogP contribution in [-0.4, -0.2) is 65.1 Å². The van der Waals surface area contributed by atoms with E-state index in [0.717, 1.165) is 53.4 Å². The molecule has 0 saturated carbocycles. The van der Waals surface area contributed by atoms with Crippen molar-refractivity contribution < 1.29 is 19.3 Å². The highest BCUT2D eigenvalue weighted by molar-refractivity contribution is 7.15. The molecule has 0 atom stereocenters. The Morgan fingerprint density at radius 3 is 2.31 bits per heavy atom. The largest absolute Gasteiger partial charge is 0.453 e. The second kappa shape index (κ2) is 15.0. The maximum absolute atomic E-state index is 11.3. The molecule has 1 fully saturated rings. The molecule has 222 valence electrons. The average Bonchev–Trinajstić information content (AvgIpc) is 3.83. The van der Waals surface area contributed by atoms with Crippen LogP contribution in [0.3, 0.4) is 0 Å². The summed E-state index contributed by atoms with van der Waals surface area (Å²) in [5.41, 5.74) is 9.34. The Labute approximate surface area is 250 Å². The summed E-state index contributed by atoms with van der Waals surface area (Å²) in [7, 11) is 3.12.